The number of H-pyrrole nitrogens is 1. The fourth-order valence-corrected chi connectivity index (χ4v) is 6.36. The van der Waals surface area contributed by atoms with Crippen LogP contribution in [0.25, 0.3) is 10.9 Å². The monoisotopic (exact) mass is 628 g/mol. The Balaban J connectivity index is 1.52. The molecular weight excluding hydrogens is 584 g/mol. The standard InChI is InChI=1S/C35H44N6O5/c1-7-41-31(44)35(20-22-13-9-8-10-14-22)27(40-41)17-18-36-29(35)28(42)26(19-23-21-37-25-16-12-11-15-24(23)25)38-30(43)34(5,6)39-32(45)46-33(2,3)4/h8-16,21,26,29,36-37H,7,17-20H2,1-6H3,(H,38,43)(H,39,45)/t26-,29-,35+/m1/s1. The number of benzene rings is 2. The Labute approximate surface area is 269 Å². The first-order valence-electron chi connectivity index (χ1n) is 15.8. The molecule has 1 saturated heterocycles. The molecule has 0 saturated carbocycles. The van der Waals surface area contributed by atoms with Gasteiger partial charge in [-0.3, -0.25) is 14.4 Å². The van der Waals surface area contributed by atoms with E-state index >= 15 is 0 Å². The molecule has 0 unspecified atom stereocenters. The van der Waals surface area contributed by atoms with Gasteiger partial charge in [-0.25, -0.2) is 9.80 Å². The molecule has 2 aliphatic heterocycles. The van der Waals surface area contributed by atoms with Crippen LogP contribution in [-0.2, 0) is 32.0 Å². The minimum absolute atomic E-state index is 0.162. The summed E-state index contributed by atoms with van der Waals surface area (Å²) in [4.78, 5) is 58.8. The van der Waals surface area contributed by atoms with Crippen LogP contribution >= 0.6 is 0 Å². The van der Waals surface area contributed by atoms with Crippen molar-refractivity contribution in [2.45, 2.75) is 84.0 Å². The van der Waals surface area contributed by atoms with Gasteiger partial charge in [-0.15, -0.1) is 0 Å². The van der Waals surface area contributed by atoms with E-state index in [9.17, 15) is 19.2 Å². The number of ketones is 1. The quantitative estimate of drug-likeness (QED) is 0.268. The molecule has 3 amide bonds. The van der Waals surface area contributed by atoms with Crippen molar-refractivity contribution >= 4 is 40.3 Å². The number of carbonyl (C=O) groups excluding carboxylic acids is 4. The zero-order valence-electron chi connectivity index (χ0n) is 27.4. The Morgan fingerprint density at radius 2 is 1.76 bits per heavy atom. The number of aromatic amines is 1. The maximum atomic E-state index is 14.9. The number of carbonyl (C=O) groups is 4. The molecule has 1 fully saturated rings. The second kappa shape index (κ2) is 12.7. The third kappa shape index (κ3) is 6.55. The minimum atomic E-state index is -1.42. The molecule has 2 aliphatic rings. The molecule has 0 radical (unpaired) electrons. The topological polar surface area (TPSA) is 145 Å². The fourth-order valence-electron chi connectivity index (χ4n) is 6.36. The summed E-state index contributed by atoms with van der Waals surface area (Å²) < 4.78 is 5.39. The number of piperidine rings is 1. The first kappa shape index (κ1) is 32.9. The van der Waals surface area contributed by atoms with E-state index in [4.69, 9.17) is 9.84 Å². The van der Waals surface area contributed by atoms with Gasteiger partial charge in [0.15, 0.2) is 5.78 Å². The highest BCUT2D eigenvalue weighted by Crippen LogP contribution is 2.41. The number of alkyl carbamates (subject to hydrolysis) is 1. The Morgan fingerprint density at radius 3 is 2.46 bits per heavy atom. The predicted octanol–water partition coefficient (Wildman–Crippen LogP) is 3.88. The van der Waals surface area contributed by atoms with Crippen molar-refractivity contribution in [3.05, 3.63) is 71.9 Å². The van der Waals surface area contributed by atoms with Gasteiger partial charge in [-0.05, 0) is 65.2 Å². The van der Waals surface area contributed by atoms with E-state index in [2.05, 4.69) is 20.9 Å². The first-order chi connectivity index (χ1) is 21.7. The summed E-state index contributed by atoms with van der Waals surface area (Å²) >= 11 is 0. The molecule has 244 valence electrons. The molecule has 2 aromatic carbocycles. The van der Waals surface area contributed by atoms with E-state index in [1.165, 1.54) is 5.01 Å². The Morgan fingerprint density at radius 1 is 1.07 bits per heavy atom. The van der Waals surface area contributed by atoms with Crippen LogP contribution in [0.4, 0.5) is 4.79 Å². The highest BCUT2D eigenvalue weighted by Gasteiger charge is 2.60. The number of rotatable bonds is 10. The number of amides is 3. The molecule has 3 heterocycles. The van der Waals surface area contributed by atoms with Gasteiger partial charge in [-0.1, -0.05) is 48.5 Å². The lowest BCUT2D eigenvalue weighted by Crippen LogP contribution is -2.67. The van der Waals surface area contributed by atoms with Crippen molar-refractivity contribution in [2.75, 3.05) is 13.1 Å². The molecule has 0 aliphatic carbocycles. The van der Waals surface area contributed by atoms with E-state index < -0.39 is 40.6 Å². The molecule has 11 nitrogen and oxygen atoms in total. The Kier molecular flexibility index (Phi) is 9.08. The van der Waals surface area contributed by atoms with Gasteiger partial charge in [-0.2, -0.15) is 5.10 Å². The number of hydrogen-bond donors (Lipinski definition) is 4. The van der Waals surface area contributed by atoms with E-state index in [1.54, 1.807) is 34.6 Å². The smallest absolute Gasteiger partial charge is 0.408 e. The lowest BCUT2D eigenvalue weighted by atomic mass is 9.66. The van der Waals surface area contributed by atoms with E-state index in [-0.39, 0.29) is 24.5 Å². The summed E-state index contributed by atoms with van der Waals surface area (Å²) in [6.07, 6.45) is 2.05. The molecule has 0 spiro atoms. The normalized spacial score (nSPS) is 20.6. The van der Waals surface area contributed by atoms with Gasteiger partial charge in [0.2, 0.25) is 5.91 Å². The van der Waals surface area contributed by atoms with Gasteiger partial charge in [0.05, 0.1) is 17.8 Å². The highest BCUT2D eigenvalue weighted by atomic mass is 16.6. The lowest BCUT2D eigenvalue weighted by molar-refractivity contribution is -0.142. The van der Waals surface area contributed by atoms with Crippen molar-refractivity contribution in [1.29, 1.82) is 0 Å². The number of hydrazone groups is 1. The average molecular weight is 629 g/mol. The number of nitrogens with one attached hydrogen (secondary N) is 4. The van der Waals surface area contributed by atoms with Gasteiger partial charge < -0.3 is 25.7 Å². The highest BCUT2D eigenvalue weighted by molar-refractivity contribution is 6.18. The fraction of sp³-hybridized carbons (Fsp3) is 0.457. The molecule has 5 rings (SSSR count). The van der Waals surface area contributed by atoms with E-state index in [0.29, 0.717) is 25.2 Å². The number of nitrogens with zero attached hydrogens (tertiary/aromatic N) is 2. The molecule has 46 heavy (non-hydrogen) atoms. The van der Waals surface area contributed by atoms with Crippen molar-refractivity contribution in [3.63, 3.8) is 0 Å². The number of Topliss-reactive ketones (excluding diaryl/α,β-unsaturated/α-hetero) is 1. The molecule has 3 aromatic rings. The van der Waals surface area contributed by atoms with Crippen LogP contribution < -0.4 is 16.0 Å². The Bertz CT molecular complexity index is 1660. The van der Waals surface area contributed by atoms with Crippen LogP contribution in [0, 0.1) is 5.41 Å². The predicted molar refractivity (Wildman–Crippen MR) is 176 cm³/mol. The number of para-hydroxylation sites is 1. The molecule has 4 N–H and O–H groups in total. The number of aromatic nitrogens is 1. The summed E-state index contributed by atoms with van der Waals surface area (Å²) in [5.74, 6) is -1.13. The number of ether oxygens (including phenoxy) is 1. The molecule has 1 aromatic heterocycles. The van der Waals surface area contributed by atoms with Crippen LogP contribution in [0.2, 0.25) is 0 Å². The summed E-state index contributed by atoms with van der Waals surface area (Å²) in [6.45, 7) is 11.0. The van der Waals surface area contributed by atoms with Crippen LogP contribution in [0.3, 0.4) is 0 Å². The second-order valence-corrected chi connectivity index (χ2v) is 13.6. The zero-order valence-corrected chi connectivity index (χ0v) is 27.4. The third-order valence-electron chi connectivity index (χ3n) is 8.61. The second-order valence-electron chi connectivity index (χ2n) is 13.6. The van der Waals surface area contributed by atoms with Crippen molar-refractivity contribution in [3.8, 4) is 0 Å². The maximum Gasteiger partial charge on any atom is 0.408 e. The molecular formula is C35H44N6O5. The summed E-state index contributed by atoms with van der Waals surface area (Å²) in [7, 11) is 0. The molecule has 3 atom stereocenters. The zero-order chi connectivity index (χ0) is 33.3. The summed E-state index contributed by atoms with van der Waals surface area (Å²) in [5, 5.41) is 16.0. The van der Waals surface area contributed by atoms with E-state index in [0.717, 1.165) is 22.0 Å². The minimum Gasteiger partial charge on any atom is -0.444 e. The van der Waals surface area contributed by atoms with Gasteiger partial charge in [0, 0.05) is 43.0 Å². The van der Waals surface area contributed by atoms with Crippen molar-refractivity contribution in [1.82, 2.24) is 25.9 Å². The van der Waals surface area contributed by atoms with Gasteiger partial charge >= 0.3 is 6.09 Å². The molecule has 11 heteroatoms. The van der Waals surface area contributed by atoms with Crippen LogP contribution in [0.15, 0.2) is 65.9 Å². The van der Waals surface area contributed by atoms with Gasteiger partial charge in [0.25, 0.3) is 5.91 Å². The van der Waals surface area contributed by atoms with Crippen LogP contribution in [-0.4, -0.2) is 75.7 Å². The summed E-state index contributed by atoms with van der Waals surface area (Å²) in [6, 6.07) is 15.4. The maximum absolute atomic E-state index is 14.9. The average Bonchev–Trinajstić information content (AvgIpc) is 3.53. The lowest BCUT2D eigenvalue weighted by Gasteiger charge is -2.41. The van der Waals surface area contributed by atoms with Crippen molar-refractivity contribution < 1.29 is 23.9 Å². The largest absolute Gasteiger partial charge is 0.444 e. The SMILES string of the molecule is CCN1N=C2CCN[C@H](C(=O)[C@@H](Cc3c[nH]c4ccccc34)NC(=O)C(C)(C)NC(=O)OC(C)(C)C)[C@@]2(Cc2ccccc2)C1=O. The molecule has 0 bridgehead atoms. The third-order valence-corrected chi connectivity index (χ3v) is 8.61. The summed E-state index contributed by atoms with van der Waals surface area (Å²) in [5.41, 5.74) is -0.118. The Hall–Kier alpha value is -4.51. The first-order valence-corrected chi connectivity index (χ1v) is 15.8. The van der Waals surface area contributed by atoms with Crippen molar-refractivity contribution in [2.24, 2.45) is 10.5 Å². The number of fused-ring (bicyclic) bond motifs is 2. The van der Waals surface area contributed by atoms with E-state index in [1.807, 2.05) is 67.7 Å². The number of hydrogen-bond acceptors (Lipinski definition) is 7. The van der Waals surface area contributed by atoms with Crippen LogP contribution in [0.5, 0.6) is 0 Å². The van der Waals surface area contributed by atoms with Crippen LogP contribution in [0.1, 0.15) is 59.1 Å². The van der Waals surface area contributed by atoms with Gasteiger partial charge in [0.1, 0.15) is 16.6 Å².